The van der Waals surface area contributed by atoms with E-state index in [1.54, 1.807) is 0 Å². The van der Waals surface area contributed by atoms with Gasteiger partial charge >= 0.3 is 0 Å². The van der Waals surface area contributed by atoms with Gasteiger partial charge in [-0.25, -0.2) is 0 Å². The van der Waals surface area contributed by atoms with Crippen molar-refractivity contribution >= 4 is 17.3 Å². The zero-order chi connectivity index (χ0) is 12.5. The van der Waals surface area contributed by atoms with Crippen LogP contribution in [0.4, 0.5) is 11.4 Å². The van der Waals surface area contributed by atoms with Gasteiger partial charge in [-0.3, -0.25) is 25.0 Å². The Kier molecular flexibility index (Phi) is 2.84. The van der Waals surface area contributed by atoms with Crippen molar-refractivity contribution in [2.24, 2.45) is 5.73 Å². The number of hydrogen-bond acceptors (Lipinski definition) is 5. The fourth-order valence-electron chi connectivity index (χ4n) is 1.23. The Balaban J connectivity index is 3.55. The summed E-state index contributed by atoms with van der Waals surface area (Å²) < 4.78 is 0. The van der Waals surface area contributed by atoms with E-state index in [0.29, 0.717) is 0 Å². The number of hydrogen-bond donors (Lipinski definition) is 1. The highest BCUT2D eigenvalue weighted by atomic mass is 16.6. The molecule has 0 saturated heterocycles. The van der Waals surface area contributed by atoms with Crippen molar-refractivity contribution in [2.75, 3.05) is 0 Å². The van der Waals surface area contributed by atoms with Crippen LogP contribution in [0.15, 0.2) is 12.1 Å². The number of primary amides is 1. The molecule has 0 radical (unpaired) electrons. The lowest BCUT2D eigenvalue weighted by molar-refractivity contribution is -0.394. The molecule has 8 nitrogen and oxygen atoms in total. The summed E-state index contributed by atoms with van der Waals surface area (Å²) >= 11 is 0. The van der Waals surface area contributed by atoms with Crippen LogP contribution >= 0.6 is 0 Å². The van der Waals surface area contributed by atoms with Gasteiger partial charge in [0.15, 0.2) is 0 Å². The Hall–Kier alpha value is -2.51. The topological polar surface area (TPSA) is 129 Å². The van der Waals surface area contributed by atoms with Crippen LogP contribution in [0.2, 0.25) is 0 Å². The van der Waals surface area contributed by atoms with Crippen LogP contribution in [0, 0.1) is 27.2 Å². The first kappa shape index (κ1) is 11.6. The van der Waals surface area contributed by atoms with E-state index in [-0.39, 0.29) is 11.1 Å². The number of carbonyl (C=O) groups excluding carboxylic acids is 1. The molecule has 1 amide bonds. The molecule has 1 aromatic carbocycles. The molecule has 84 valence electrons. The first-order chi connectivity index (χ1) is 7.34. The van der Waals surface area contributed by atoms with Crippen LogP contribution in [0.5, 0.6) is 0 Å². The average Bonchev–Trinajstić information content (AvgIpc) is 2.15. The Bertz CT molecular complexity index is 497. The van der Waals surface area contributed by atoms with E-state index in [2.05, 4.69) is 0 Å². The molecule has 8 heteroatoms. The van der Waals surface area contributed by atoms with Crippen molar-refractivity contribution in [3.63, 3.8) is 0 Å². The average molecular weight is 225 g/mol. The molecule has 0 atom stereocenters. The summed E-state index contributed by atoms with van der Waals surface area (Å²) in [6.07, 6.45) is 0. The molecular weight excluding hydrogens is 218 g/mol. The molecule has 0 spiro atoms. The Labute approximate surface area is 89.0 Å². The van der Waals surface area contributed by atoms with Gasteiger partial charge < -0.3 is 5.73 Å². The molecular formula is C8H7N3O5. The third-order valence-corrected chi connectivity index (χ3v) is 1.97. The van der Waals surface area contributed by atoms with E-state index in [1.807, 2.05) is 0 Å². The molecule has 0 aliphatic rings. The van der Waals surface area contributed by atoms with Crippen molar-refractivity contribution in [1.29, 1.82) is 0 Å². The normalized spacial score (nSPS) is 9.81. The van der Waals surface area contributed by atoms with E-state index in [4.69, 9.17) is 5.73 Å². The molecule has 1 aromatic rings. The highest BCUT2D eigenvalue weighted by Gasteiger charge is 2.24. The lowest BCUT2D eigenvalue weighted by Gasteiger charge is -2.01. The molecule has 0 fully saturated rings. The van der Waals surface area contributed by atoms with Gasteiger partial charge in [-0.1, -0.05) is 0 Å². The molecule has 0 heterocycles. The lowest BCUT2D eigenvalue weighted by atomic mass is 10.1. The zero-order valence-corrected chi connectivity index (χ0v) is 8.17. The van der Waals surface area contributed by atoms with Gasteiger partial charge in [-0.05, 0) is 13.0 Å². The Morgan fingerprint density at radius 2 is 1.69 bits per heavy atom. The monoisotopic (exact) mass is 225 g/mol. The quantitative estimate of drug-likeness (QED) is 0.603. The summed E-state index contributed by atoms with van der Waals surface area (Å²) in [5.41, 5.74) is 3.66. The molecule has 1 rings (SSSR count). The summed E-state index contributed by atoms with van der Waals surface area (Å²) in [6.45, 7) is 1.37. The smallest absolute Gasteiger partial charge is 0.289 e. The molecule has 0 unspecified atom stereocenters. The first-order valence-corrected chi connectivity index (χ1v) is 4.08. The second-order valence-corrected chi connectivity index (χ2v) is 3.03. The van der Waals surface area contributed by atoms with Gasteiger partial charge in [0.1, 0.15) is 5.56 Å². The number of carbonyl (C=O) groups is 1. The predicted octanol–water partition coefficient (Wildman–Crippen LogP) is 0.910. The minimum absolute atomic E-state index is 0.143. The van der Waals surface area contributed by atoms with Crippen LogP contribution in [0.3, 0.4) is 0 Å². The van der Waals surface area contributed by atoms with Crippen molar-refractivity contribution in [1.82, 2.24) is 0 Å². The summed E-state index contributed by atoms with van der Waals surface area (Å²) in [4.78, 5) is 30.4. The third kappa shape index (κ3) is 1.95. The highest BCUT2D eigenvalue weighted by Crippen LogP contribution is 2.27. The molecule has 0 aliphatic heterocycles. The number of rotatable bonds is 3. The largest absolute Gasteiger partial charge is 0.365 e. The maximum atomic E-state index is 10.9. The summed E-state index contributed by atoms with van der Waals surface area (Å²) in [6, 6.07) is 1.77. The molecule has 0 aliphatic carbocycles. The van der Waals surface area contributed by atoms with Gasteiger partial charge in [0.2, 0.25) is 0 Å². The van der Waals surface area contributed by atoms with Crippen LogP contribution in [-0.2, 0) is 0 Å². The van der Waals surface area contributed by atoms with Gasteiger partial charge in [0, 0.05) is 5.56 Å². The van der Waals surface area contributed by atoms with E-state index in [1.165, 1.54) is 6.92 Å². The number of nitrogens with two attached hydrogens (primary N) is 1. The van der Waals surface area contributed by atoms with Gasteiger partial charge in [-0.15, -0.1) is 0 Å². The predicted molar refractivity (Wildman–Crippen MR) is 53.0 cm³/mol. The Morgan fingerprint density at radius 1 is 1.19 bits per heavy atom. The third-order valence-electron chi connectivity index (χ3n) is 1.97. The highest BCUT2D eigenvalue weighted by molar-refractivity contribution is 5.97. The minimum atomic E-state index is -0.996. The van der Waals surface area contributed by atoms with Crippen LogP contribution in [0.1, 0.15) is 15.9 Å². The molecule has 2 N–H and O–H groups in total. The SMILES string of the molecule is Cc1cc(C(N)=O)c([N+](=O)[O-])cc1[N+](=O)[O-]. The van der Waals surface area contributed by atoms with Gasteiger partial charge in [0.25, 0.3) is 17.3 Å². The van der Waals surface area contributed by atoms with Crippen molar-refractivity contribution in [3.05, 3.63) is 43.5 Å². The zero-order valence-electron chi connectivity index (χ0n) is 8.17. The molecule has 0 saturated carbocycles. The number of aryl methyl sites for hydroxylation is 1. The van der Waals surface area contributed by atoms with E-state index in [0.717, 1.165) is 12.1 Å². The van der Waals surface area contributed by atoms with Crippen molar-refractivity contribution in [2.45, 2.75) is 6.92 Å². The molecule has 0 aromatic heterocycles. The summed E-state index contributed by atoms with van der Waals surface area (Å²) in [7, 11) is 0. The van der Waals surface area contributed by atoms with E-state index < -0.39 is 27.1 Å². The minimum Gasteiger partial charge on any atom is -0.365 e. The van der Waals surface area contributed by atoms with Crippen LogP contribution in [-0.4, -0.2) is 15.8 Å². The van der Waals surface area contributed by atoms with Gasteiger partial charge in [0.05, 0.1) is 15.9 Å². The number of nitro groups is 2. The number of amides is 1. The summed E-state index contributed by atoms with van der Waals surface area (Å²) in [5, 5.41) is 21.1. The van der Waals surface area contributed by atoms with Crippen molar-refractivity contribution in [3.8, 4) is 0 Å². The lowest BCUT2D eigenvalue weighted by Crippen LogP contribution is -2.14. The van der Waals surface area contributed by atoms with Gasteiger partial charge in [-0.2, -0.15) is 0 Å². The second kappa shape index (κ2) is 3.93. The Morgan fingerprint density at radius 3 is 2.06 bits per heavy atom. The number of nitro benzene ring substituents is 2. The maximum Gasteiger partial charge on any atom is 0.289 e. The fourth-order valence-corrected chi connectivity index (χ4v) is 1.23. The fraction of sp³-hybridized carbons (Fsp3) is 0.125. The van der Waals surface area contributed by atoms with Crippen molar-refractivity contribution < 1.29 is 14.6 Å². The van der Waals surface area contributed by atoms with Crippen LogP contribution in [0.25, 0.3) is 0 Å². The van der Waals surface area contributed by atoms with Crippen LogP contribution < -0.4 is 5.73 Å². The molecule has 0 bridgehead atoms. The van der Waals surface area contributed by atoms with E-state index in [9.17, 15) is 25.0 Å². The molecule has 16 heavy (non-hydrogen) atoms. The number of nitrogens with zero attached hydrogens (tertiary/aromatic N) is 2. The standard InChI is InChI=1S/C8H7N3O5/c1-4-2-5(8(9)12)7(11(15)16)3-6(4)10(13)14/h2-3H,1H3,(H2,9,12). The first-order valence-electron chi connectivity index (χ1n) is 4.08. The maximum absolute atomic E-state index is 10.9. The number of benzene rings is 1. The second-order valence-electron chi connectivity index (χ2n) is 3.03. The van der Waals surface area contributed by atoms with E-state index >= 15 is 0 Å². The summed E-state index contributed by atoms with van der Waals surface area (Å²) in [5.74, 6) is -0.996.